The lowest BCUT2D eigenvalue weighted by atomic mass is 10.1. The van der Waals surface area contributed by atoms with E-state index in [1.807, 2.05) is 37.3 Å². The van der Waals surface area contributed by atoms with Gasteiger partial charge < -0.3 is 10.1 Å². The van der Waals surface area contributed by atoms with E-state index < -0.39 is 0 Å². The van der Waals surface area contributed by atoms with Gasteiger partial charge in [-0.2, -0.15) is 0 Å². The third kappa shape index (κ3) is 3.77. The molecule has 1 fully saturated rings. The monoisotopic (exact) mass is 310 g/mol. The summed E-state index contributed by atoms with van der Waals surface area (Å²) >= 11 is 0. The van der Waals surface area contributed by atoms with Gasteiger partial charge in [-0.15, -0.1) is 0 Å². The summed E-state index contributed by atoms with van der Waals surface area (Å²) in [5.41, 5.74) is 3.15. The lowest BCUT2D eigenvalue weighted by molar-refractivity contribution is -0.123. The Labute approximate surface area is 136 Å². The third-order valence-corrected chi connectivity index (χ3v) is 4.35. The number of rotatable bonds is 6. The molecule has 3 atom stereocenters. The number of aromatic nitrogens is 1. The molecule has 1 N–H and O–H groups in total. The first-order chi connectivity index (χ1) is 11.2. The molecule has 4 nitrogen and oxygen atoms in total. The van der Waals surface area contributed by atoms with Crippen molar-refractivity contribution in [1.82, 2.24) is 10.3 Å². The van der Waals surface area contributed by atoms with Gasteiger partial charge in [0.15, 0.2) is 0 Å². The van der Waals surface area contributed by atoms with Crippen LogP contribution >= 0.6 is 0 Å². The van der Waals surface area contributed by atoms with E-state index in [2.05, 4.69) is 22.4 Å². The zero-order chi connectivity index (χ0) is 16.2. The topological polar surface area (TPSA) is 51.2 Å². The predicted molar refractivity (Wildman–Crippen MR) is 88.8 cm³/mol. The number of amides is 1. The van der Waals surface area contributed by atoms with Crippen LogP contribution in [0.4, 0.5) is 0 Å². The van der Waals surface area contributed by atoms with Crippen LogP contribution in [0.25, 0.3) is 0 Å². The number of carbonyl (C=O) groups excluding carboxylic acids is 1. The first-order valence-electron chi connectivity index (χ1n) is 7.98. The highest BCUT2D eigenvalue weighted by molar-refractivity contribution is 5.83. The molecule has 1 aromatic carbocycles. The second-order valence-electron chi connectivity index (χ2n) is 6.11. The normalized spacial score (nSPS) is 20.8. The van der Waals surface area contributed by atoms with Crippen molar-refractivity contribution < 1.29 is 9.53 Å². The molecule has 1 aliphatic rings. The first kappa shape index (κ1) is 15.7. The molecule has 1 amide bonds. The molecule has 1 heterocycles. The Bertz CT molecular complexity index is 655. The minimum atomic E-state index is -0.0383. The van der Waals surface area contributed by atoms with Crippen molar-refractivity contribution in [3.63, 3.8) is 0 Å². The zero-order valence-corrected chi connectivity index (χ0v) is 13.5. The summed E-state index contributed by atoms with van der Waals surface area (Å²) in [6.07, 6.45) is 2.74. The molecule has 0 bridgehead atoms. The average molecular weight is 310 g/mol. The SMILES string of the molecule is COCc1ccc(C(C)NC(=O)C2CC2c2ccccc2)cn1. The molecule has 2 aromatic rings. The van der Waals surface area contributed by atoms with E-state index in [-0.39, 0.29) is 17.9 Å². The van der Waals surface area contributed by atoms with Gasteiger partial charge in [-0.3, -0.25) is 9.78 Å². The Morgan fingerprint density at radius 2 is 2.09 bits per heavy atom. The van der Waals surface area contributed by atoms with Gasteiger partial charge >= 0.3 is 0 Å². The Morgan fingerprint density at radius 3 is 2.74 bits per heavy atom. The summed E-state index contributed by atoms with van der Waals surface area (Å²) in [6.45, 7) is 2.49. The summed E-state index contributed by atoms with van der Waals surface area (Å²) in [5, 5.41) is 3.10. The standard InChI is InChI=1S/C19H22N2O2/c1-13(15-8-9-16(12-23-2)20-11-15)21-19(22)18-10-17(18)14-6-4-3-5-7-14/h3-9,11,13,17-18H,10,12H2,1-2H3,(H,21,22). The molecule has 1 aliphatic carbocycles. The Morgan fingerprint density at radius 1 is 1.30 bits per heavy atom. The Balaban J connectivity index is 1.56. The highest BCUT2D eigenvalue weighted by Crippen LogP contribution is 2.47. The molecular weight excluding hydrogens is 288 g/mol. The summed E-state index contributed by atoms with van der Waals surface area (Å²) in [7, 11) is 1.65. The van der Waals surface area contributed by atoms with E-state index in [0.29, 0.717) is 12.5 Å². The fraction of sp³-hybridized carbons (Fsp3) is 0.368. The van der Waals surface area contributed by atoms with Gasteiger partial charge in [0.1, 0.15) is 0 Å². The minimum Gasteiger partial charge on any atom is -0.378 e. The van der Waals surface area contributed by atoms with Gasteiger partial charge in [0.25, 0.3) is 0 Å². The number of methoxy groups -OCH3 is 1. The lowest BCUT2D eigenvalue weighted by Gasteiger charge is -2.14. The van der Waals surface area contributed by atoms with Gasteiger partial charge in [0.2, 0.25) is 5.91 Å². The molecule has 0 aliphatic heterocycles. The summed E-state index contributed by atoms with van der Waals surface area (Å²) in [4.78, 5) is 16.7. The maximum Gasteiger partial charge on any atom is 0.224 e. The minimum absolute atomic E-state index is 0.0383. The van der Waals surface area contributed by atoms with Crippen LogP contribution in [-0.2, 0) is 16.1 Å². The number of ether oxygens (including phenoxy) is 1. The maximum absolute atomic E-state index is 12.4. The van der Waals surface area contributed by atoms with Crippen molar-refractivity contribution in [2.24, 2.45) is 5.92 Å². The van der Waals surface area contributed by atoms with Crippen LogP contribution in [0.3, 0.4) is 0 Å². The van der Waals surface area contributed by atoms with Crippen LogP contribution in [0.15, 0.2) is 48.7 Å². The van der Waals surface area contributed by atoms with Crippen LogP contribution < -0.4 is 5.32 Å². The fourth-order valence-corrected chi connectivity index (χ4v) is 2.88. The van der Waals surface area contributed by atoms with Gasteiger partial charge in [-0.1, -0.05) is 36.4 Å². The number of benzene rings is 1. The fourth-order valence-electron chi connectivity index (χ4n) is 2.88. The van der Waals surface area contributed by atoms with E-state index in [4.69, 9.17) is 4.74 Å². The van der Waals surface area contributed by atoms with Crippen LogP contribution in [0.2, 0.25) is 0 Å². The molecule has 4 heteroatoms. The number of nitrogens with zero attached hydrogens (tertiary/aromatic N) is 1. The van der Waals surface area contributed by atoms with E-state index >= 15 is 0 Å². The van der Waals surface area contributed by atoms with Crippen LogP contribution in [-0.4, -0.2) is 18.0 Å². The quantitative estimate of drug-likeness (QED) is 0.891. The Hall–Kier alpha value is -2.20. The van der Waals surface area contributed by atoms with Crippen molar-refractivity contribution in [3.05, 3.63) is 65.5 Å². The molecular formula is C19H22N2O2. The van der Waals surface area contributed by atoms with Crippen molar-refractivity contribution in [2.45, 2.75) is 31.9 Å². The third-order valence-electron chi connectivity index (χ3n) is 4.35. The average Bonchev–Trinajstić information content (AvgIpc) is 3.37. The smallest absolute Gasteiger partial charge is 0.224 e. The first-order valence-corrected chi connectivity index (χ1v) is 7.98. The van der Waals surface area contributed by atoms with E-state index in [1.54, 1.807) is 13.3 Å². The molecule has 1 aromatic heterocycles. The number of pyridine rings is 1. The molecule has 0 saturated heterocycles. The van der Waals surface area contributed by atoms with E-state index in [9.17, 15) is 4.79 Å². The zero-order valence-electron chi connectivity index (χ0n) is 13.5. The second kappa shape index (κ2) is 6.92. The molecule has 23 heavy (non-hydrogen) atoms. The van der Waals surface area contributed by atoms with E-state index in [1.165, 1.54) is 5.56 Å². The molecule has 3 rings (SSSR count). The molecule has 0 spiro atoms. The predicted octanol–water partition coefficient (Wildman–Crippen LogP) is 3.21. The van der Waals surface area contributed by atoms with Crippen LogP contribution in [0.1, 0.15) is 42.1 Å². The largest absolute Gasteiger partial charge is 0.378 e. The summed E-state index contributed by atoms with van der Waals surface area (Å²) in [6, 6.07) is 14.1. The molecule has 120 valence electrons. The lowest BCUT2D eigenvalue weighted by Crippen LogP contribution is -2.28. The van der Waals surface area contributed by atoms with Gasteiger partial charge in [-0.05, 0) is 36.5 Å². The van der Waals surface area contributed by atoms with Gasteiger partial charge in [-0.25, -0.2) is 0 Å². The maximum atomic E-state index is 12.4. The van der Waals surface area contributed by atoms with E-state index in [0.717, 1.165) is 17.7 Å². The van der Waals surface area contributed by atoms with Crippen LogP contribution in [0.5, 0.6) is 0 Å². The number of hydrogen-bond acceptors (Lipinski definition) is 3. The van der Waals surface area contributed by atoms with Crippen molar-refractivity contribution in [3.8, 4) is 0 Å². The van der Waals surface area contributed by atoms with Crippen molar-refractivity contribution >= 4 is 5.91 Å². The molecule has 0 radical (unpaired) electrons. The molecule has 1 saturated carbocycles. The molecule has 3 unspecified atom stereocenters. The van der Waals surface area contributed by atoms with Gasteiger partial charge in [0, 0.05) is 19.2 Å². The highest BCUT2D eigenvalue weighted by Gasteiger charge is 2.44. The number of nitrogens with one attached hydrogen (secondary N) is 1. The highest BCUT2D eigenvalue weighted by atomic mass is 16.5. The van der Waals surface area contributed by atoms with Crippen molar-refractivity contribution in [1.29, 1.82) is 0 Å². The summed E-state index contributed by atoms with van der Waals surface area (Å²) < 4.78 is 5.05. The second-order valence-corrected chi connectivity index (χ2v) is 6.11. The van der Waals surface area contributed by atoms with Crippen molar-refractivity contribution in [2.75, 3.05) is 7.11 Å². The van der Waals surface area contributed by atoms with Crippen LogP contribution in [0, 0.1) is 5.92 Å². The Kier molecular flexibility index (Phi) is 4.72. The number of hydrogen-bond donors (Lipinski definition) is 1. The van der Waals surface area contributed by atoms with Gasteiger partial charge in [0.05, 0.1) is 18.3 Å². The summed E-state index contributed by atoms with van der Waals surface area (Å²) in [5.74, 6) is 0.596. The number of carbonyl (C=O) groups is 1.